The van der Waals surface area contributed by atoms with Crippen molar-refractivity contribution in [2.75, 3.05) is 11.5 Å². The highest BCUT2D eigenvalue weighted by molar-refractivity contribution is 6.51. The summed E-state index contributed by atoms with van der Waals surface area (Å²) in [6.07, 6.45) is 0. The van der Waals surface area contributed by atoms with Crippen LogP contribution in [-0.4, -0.2) is 23.4 Å². The number of amides is 1. The fourth-order valence-corrected chi connectivity index (χ4v) is 4.21. The van der Waals surface area contributed by atoms with Gasteiger partial charge < -0.3 is 14.3 Å². The zero-order valence-electron chi connectivity index (χ0n) is 21.0. The molecule has 2 aromatic carbocycles. The molecule has 1 N–H and O–H groups in total. The molecule has 1 aliphatic heterocycles. The summed E-state index contributed by atoms with van der Waals surface area (Å²) < 4.78 is 11.7. The predicted molar refractivity (Wildman–Crippen MR) is 136 cm³/mol. The molecule has 2 heterocycles. The van der Waals surface area contributed by atoms with E-state index in [4.69, 9.17) is 9.15 Å². The topological polar surface area (TPSA) is 80.0 Å². The van der Waals surface area contributed by atoms with Crippen LogP contribution in [0.2, 0.25) is 0 Å². The molecular weight excluding hydrogens is 442 g/mol. The zero-order valence-corrected chi connectivity index (χ0v) is 21.0. The molecule has 0 aliphatic carbocycles. The van der Waals surface area contributed by atoms with Gasteiger partial charge in [0, 0.05) is 11.3 Å². The number of nitrogens with zero attached hydrogens (tertiary/aromatic N) is 1. The van der Waals surface area contributed by atoms with Crippen molar-refractivity contribution < 1.29 is 23.8 Å². The van der Waals surface area contributed by atoms with Gasteiger partial charge in [0.1, 0.15) is 29.1 Å². The van der Waals surface area contributed by atoms with Gasteiger partial charge in [-0.15, -0.1) is 0 Å². The molecule has 4 rings (SSSR count). The van der Waals surface area contributed by atoms with E-state index in [0.29, 0.717) is 41.0 Å². The molecule has 6 heteroatoms. The van der Waals surface area contributed by atoms with Crippen molar-refractivity contribution in [3.63, 3.8) is 0 Å². The third-order valence-corrected chi connectivity index (χ3v) is 6.26. The van der Waals surface area contributed by atoms with Crippen LogP contribution in [0.25, 0.3) is 5.76 Å². The first kappa shape index (κ1) is 24.3. The van der Waals surface area contributed by atoms with E-state index in [9.17, 15) is 14.7 Å². The second kappa shape index (κ2) is 9.45. The predicted octanol–water partition coefficient (Wildman–Crippen LogP) is 6.17. The maximum atomic E-state index is 13.3. The molecule has 3 aromatic rings. The van der Waals surface area contributed by atoms with Crippen LogP contribution in [0.5, 0.6) is 5.75 Å². The summed E-state index contributed by atoms with van der Waals surface area (Å²) in [7, 11) is 0. The number of Topliss-reactive ketones (excluding diaryl/α,β-unsaturated/α-hetero) is 1. The van der Waals surface area contributed by atoms with E-state index in [0.717, 1.165) is 16.7 Å². The molecule has 0 spiro atoms. The van der Waals surface area contributed by atoms with Gasteiger partial charge in [0.25, 0.3) is 11.7 Å². The van der Waals surface area contributed by atoms with Crippen LogP contribution < -0.4 is 9.64 Å². The lowest BCUT2D eigenvalue weighted by molar-refractivity contribution is -0.132. The van der Waals surface area contributed by atoms with Crippen molar-refractivity contribution in [1.29, 1.82) is 0 Å². The summed E-state index contributed by atoms with van der Waals surface area (Å²) in [6, 6.07) is 13.5. The first-order chi connectivity index (χ1) is 16.6. The Bertz CT molecular complexity index is 1330. The van der Waals surface area contributed by atoms with Gasteiger partial charge in [-0.1, -0.05) is 19.9 Å². The summed E-state index contributed by atoms with van der Waals surface area (Å²) in [6.45, 7) is 12.3. The average molecular weight is 474 g/mol. The number of rotatable bonds is 6. The fraction of sp³-hybridized carbons (Fsp3) is 0.310. The molecule has 0 radical (unpaired) electrons. The molecule has 1 unspecified atom stereocenters. The lowest BCUT2D eigenvalue weighted by Crippen LogP contribution is -2.29. The first-order valence-electron chi connectivity index (χ1n) is 11.8. The molecule has 1 fully saturated rings. The Morgan fingerprint density at radius 2 is 1.71 bits per heavy atom. The van der Waals surface area contributed by atoms with Gasteiger partial charge in [0.15, 0.2) is 0 Å². The van der Waals surface area contributed by atoms with Crippen molar-refractivity contribution in [3.8, 4) is 5.75 Å². The number of aryl methyl sites for hydroxylation is 4. The van der Waals surface area contributed by atoms with E-state index in [2.05, 4.69) is 13.8 Å². The number of hydrogen-bond donors (Lipinski definition) is 1. The Kier molecular flexibility index (Phi) is 6.57. The zero-order chi connectivity index (χ0) is 25.4. The van der Waals surface area contributed by atoms with E-state index < -0.39 is 17.7 Å². The molecule has 1 amide bonds. The van der Waals surface area contributed by atoms with Crippen molar-refractivity contribution in [2.45, 2.75) is 47.6 Å². The molecule has 0 bridgehead atoms. The lowest BCUT2D eigenvalue weighted by atomic mass is 9.98. The van der Waals surface area contributed by atoms with Crippen LogP contribution in [0.15, 0.2) is 58.5 Å². The highest BCUT2D eigenvalue weighted by Crippen LogP contribution is 2.43. The van der Waals surface area contributed by atoms with Gasteiger partial charge in [0.05, 0.1) is 12.2 Å². The molecule has 1 aromatic heterocycles. The Hall–Kier alpha value is -3.80. The van der Waals surface area contributed by atoms with Gasteiger partial charge in [-0.05, 0) is 92.8 Å². The maximum Gasteiger partial charge on any atom is 0.300 e. The number of anilines is 1. The Balaban J connectivity index is 1.84. The highest BCUT2D eigenvalue weighted by atomic mass is 16.5. The second-order valence-electron chi connectivity index (χ2n) is 9.57. The Morgan fingerprint density at radius 3 is 2.31 bits per heavy atom. The molecular formula is C29H31NO5. The third kappa shape index (κ3) is 4.61. The highest BCUT2D eigenvalue weighted by Gasteiger charge is 2.48. The number of carbonyl (C=O) groups excluding carboxylic acids is 2. The van der Waals surface area contributed by atoms with Crippen LogP contribution in [0.1, 0.15) is 53.7 Å². The van der Waals surface area contributed by atoms with Crippen molar-refractivity contribution in [1.82, 2.24) is 0 Å². The minimum atomic E-state index is -0.886. The number of carbonyl (C=O) groups is 2. The molecule has 1 atom stereocenters. The second-order valence-corrected chi connectivity index (χ2v) is 9.57. The van der Waals surface area contributed by atoms with Crippen LogP contribution in [0.3, 0.4) is 0 Å². The van der Waals surface area contributed by atoms with Crippen molar-refractivity contribution >= 4 is 23.1 Å². The molecule has 6 nitrogen and oxygen atoms in total. The number of hydrogen-bond acceptors (Lipinski definition) is 5. The number of aliphatic hydroxyl groups excluding tert-OH is 1. The fourth-order valence-electron chi connectivity index (χ4n) is 4.21. The van der Waals surface area contributed by atoms with E-state index >= 15 is 0 Å². The minimum Gasteiger partial charge on any atom is -0.507 e. The minimum absolute atomic E-state index is 0.00201. The summed E-state index contributed by atoms with van der Waals surface area (Å²) in [4.78, 5) is 28.0. The molecule has 1 aliphatic rings. The Labute approximate surface area is 205 Å². The van der Waals surface area contributed by atoms with Crippen molar-refractivity contribution in [3.05, 3.63) is 87.9 Å². The van der Waals surface area contributed by atoms with E-state index in [1.807, 2.05) is 32.9 Å². The van der Waals surface area contributed by atoms with E-state index in [-0.39, 0.29) is 11.3 Å². The van der Waals surface area contributed by atoms with Crippen LogP contribution in [0, 0.1) is 33.6 Å². The van der Waals surface area contributed by atoms with Crippen LogP contribution >= 0.6 is 0 Å². The summed E-state index contributed by atoms with van der Waals surface area (Å²) in [5.74, 6) is 0.445. The largest absolute Gasteiger partial charge is 0.507 e. The van der Waals surface area contributed by atoms with Crippen LogP contribution in [-0.2, 0) is 9.59 Å². The van der Waals surface area contributed by atoms with Gasteiger partial charge in [-0.2, -0.15) is 0 Å². The van der Waals surface area contributed by atoms with Gasteiger partial charge in [0.2, 0.25) is 0 Å². The maximum absolute atomic E-state index is 13.3. The monoisotopic (exact) mass is 473 g/mol. The quantitative estimate of drug-likeness (QED) is 0.263. The number of ether oxygens (including phenoxy) is 1. The summed E-state index contributed by atoms with van der Waals surface area (Å²) in [5, 5.41) is 11.3. The standard InChI is InChI=1S/C29H31NO5/c1-16(2)15-34-23-12-9-21(13-19(23)5)27(31)25-26(24-11-8-20(6)35-24)30(29(33)28(25)32)22-10-7-17(3)18(4)14-22/h7-14,16,26,31H,15H2,1-6H3/b27-25-. The summed E-state index contributed by atoms with van der Waals surface area (Å²) in [5.41, 5.74) is 3.89. The van der Waals surface area contributed by atoms with Crippen molar-refractivity contribution in [2.24, 2.45) is 5.92 Å². The van der Waals surface area contributed by atoms with Gasteiger partial charge in [-0.25, -0.2) is 0 Å². The summed E-state index contributed by atoms with van der Waals surface area (Å²) >= 11 is 0. The molecule has 182 valence electrons. The normalized spacial score (nSPS) is 17.5. The van der Waals surface area contributed by atoms with Gasteiger partial charge >= 0.3 is 0 Å². The lowest BCUT2D eigenvalue weighted by Gasteiger charge is -2.24. The Morgan fingerprint density at radius 1 is 0.971 bits per heavy atom. The van der Waals surface area contributed by atoms with E-state index in [1.165, 1.54) is 4.90 Å². The molecule has 0 saturated carbocycles. The number of aliphatic hydroxyl groups is 1. The number of ketones is 1. The average Bonchev–Trinajstić information content (AvgIpc) is 3.35. The smallest absolute Gasteiger partial charge is 0.300 e. The number of furan rings is 1. The molecule has 1 saturated heterocycles. The van der Waals surface area contributed by atoms with Crippen LogP contribution in [0.4, 0.5) is 5.69 Å². The van der Waals surface area contributed by atoms with Gasteiger partial charge in [-0.3, -0.25) is 14.5 Å². The SMILES string of the molecule is Cc1ccc(C2/C(=C(/O)c3ccc(OCC(C)C)c(C)c3)C(=O)C(=O)N2c2ccc(C)c(C)c2)o1. The third-order valence-electron chi connectivity index (χ3n) is 6.26. The molecule has 35 heavy (non-hydrogen) atoms. The van der Waals surface area contributed by atoms with E-state index in [1.54, 1.807) is 43.3 Å². The number of benzene rings is 2. The first-order valence-corrected chi connectivity index (χ1v) is 11.8.